The van der Waals surface area contributed by atoms with E-state index in [-0.39, 0.29) is 0 Å². The summed E-state index contributed by atoms with van der Waals surface area (Å²) in [7, 11) is 0. The van der Waals surface area contributed by atoms with Gasteiger partial charge in [0, 0.05) is 18.1 Å². The molecule has 0 aromatic carbocycles. The van der Waals surface area contributed by atoms with Crippen LogP contribution < -0.4 is 4.57 Å². The summed E-state index contributed by atoms with van der Waals surface area (Å²) in [4.78, 5) is 0. The van der Waals surface area contributed by atoms with Crippen molar-refractivity contribution < 1.29 is 4.57 Å². The Morgan fingerprint density at radius 1 is 0.533 bits per heavy atom. The molecule has 0 unspecified atom stereocenters. The van der Waals surface area contributed by atoms with Gasteiger partial charge in [0.2, 0.25) is 0 Å². The molecule has 0 fully saturated rings. The van der Waals surface area contributed by atoms with E-state index < -0.39 is 0 Å². The minimum Gasteiger partial charge on any atom is -0.205 e. The van der Waals surface area contributed by atoms with Crippen LogP contribution in [0.15, 0.2) is 24.5 Å². The second-order valence-electron chi connectivity index (χ2n) is 9.56. The molecule has 0 aliphatic rings. The van der Waals surface area contributed by atoms with Crippen LogP contribution in [-0.2, 0) is 13.0 Å². The fraction of sp³-hybridized carbons (Fsp3) is 0.828. The molecule has 0 spiro atoms. The summed E-state index contributed by atoms with van der Waals surface area (Å²) in [6.07, 6.45) is 34.4. The molecule has 0 saturated carbocycles. The van der Waals surface area contributed by atoms with Gasteiger partial charge in [0.1, 0.15) is 6.54 Å². The Bertz CT molecular complexity index is 467. The van der Waals surface area contributed by atoms with Crippen molar-refractivity contribution in [1.29, 1.82) is 0 Å². The Hall–Kier alpha value is -0.850. The van der Waals surface area contributed by atoms with E-state index in [0.717, 1.165) is 0 Å². The summed E-state index contributed by atoms with van der Waals surface area (Å²) in [6, 6.07) is 4.56. The fourth-order valence-electron chi connectivity index (χ4n) is 4.46. The number of pyridine rings is 1. The van der Waals surface area contributed by atoms with Crippen molar-refractivity contribution in [3.8, 4) is 0 Å². The highest BCUT2D eigenvalue weighted by Crippen LogP contribution is 2.14. The molecule has 0 bridgehead atoms. The largest absolute Gasteiger partial charge is 0.205 e. The van der Waals surface area contributed by atoms with Crippen LogP contribution >= 0.6 is 0 Å². The van der Waals surface area contributed by atoms with Crippen LogP contribution in [0, 0.1) is 0 Å². The number of aromatic nitrogens is 1. The molecule has 30 heavy (non-hydrogen) atoms. The number of aryl methyl sites for hydroxylation is 2. The summed E-state index contributed by atoms with van der Waals surface area (Å²) in [5.41, 5.74) is 1.53. The van der Waals surface area contributed by atoms with E-state index >= 15 is 0 Å². The molecule has 174 valence electrons. The lowest BCUT2D eigenvalue weighted by molar-refractivity contribution is -0.697. The molecule has 0 aliphatic carbocycles. The lowest BCUT2D eigenvalue weighted by Gasteiger charge is -2.04. The lowest BCUT2D eigenvalue weighted by atomic mass is 10.0. The van der Waals surface area contributed by atoms with Crippen molar-refractivity contribution in [2.75, 3.05) is 0 Å². The van der Waals surface area contributed by atoms with Crippen molar-refractivity contribution in [1.82, 2.24) is 0 Å². The van der Waals surface area contributed by atoms with Crippen LogP contribution in [0.5, 0.6) is 0 Å². The van der Waals surface area contributed by atoms with E-state index in [1.165, 1.54) is 147 Å². The first-order valence-electron chi connectivity index (χ1n) is 13.8. The molecule has 1 nitrogen and oxygen atoms in total. The first-order valence-corrected chi connectivity index (χ1v) is 13.8. The van der Waals surface area contributed by atoms with Crippen molar-refractivity contribution in [2.45, 2.75) is 155 Å². The Morgan fingerprint density at radius 2 is 0.967 bits per heavy atom. The molecule has 1 aromatic rings. The van der Waals surface area contributed by atoms with Gasteiger partial charge in [-0.3, -0.25) is 0 Å². The summed E-state index contributed by atoms with van der Waals surface area (Å²) in [6.45, 7) is 5.78. The van der Waals surface area contributed by atoms with Crippen molar-refractivity contribution in [3.63, 3.8) is 0 Å². The quantitative estimate of drug-likeness (QED) is 0.131. The van der Waals surface area contributed by atoms with Crippen LogP contribution in [-0.4, -0.2) is 0 Å². The van der Waals surface area contributed by atoms with Crippen molar-refractivity contribution in [3.05, 3.63) is 30.1 Å². The Morgan fingerprint density at radius 3 is 1.47 bits per heavy atom. The number of unbranched alkanes of at least 4 members (excludes halogenated alkanes) is 18. The van der Waals surface area contributed by atoms with Gasteiger partial charge in [-0.1, -0.05) is 123 Å². The topological polar surface area (TPSA) is 3.88 Å². The second kappa shape index (κ2) is 21.4. The summed E-state index contributed by atoms with van der Waals surface area (Å²) >= 11 is 0. The molecular weight excluding hydrogens is 362 g/mol. The predicted molar refractivity (Wildman–Crippen MR) is 134 cm³/mol. The van der Waals surface area contributed by atoms with Crippen LogP contribution in [0.3, 0.4) is 0 Å². The Balaban J connectivity index is 1.89. The van der Waals surface area contributed by atoms with E-state index in [0.29, 0.717) is 0 Å². The standard InChI is InChI=1S/C29H54N/c1-3-5-7-9-10-11-12-13-14-15-16-17-18-19-21-24-29-25-23-27-30(28-29)26-22-20-8-6-4-2/h23,25,27-28H,3-22,24,26H2,1-2H3/q+1. The Kier molecular flexibility index (Phi) is 19.4. The highest BCUT2D eigenvalue weighted by Gasteiger charge is 2.03. The maximum Gasteiger partial charge on any atom is 0.171 e. The Labute approximate surface area is 190 Å². The van der Waals surface area contributed by atoms with E-state index in [4.69, 9.17) is 0 Å². The van der Waals surface area contributed by atoms with E-state index in [9.17, 15) is 0 Å². The first kappa shape index (κ1) is 27.2. The molecule has 0 saturated heterocycles. The molecular formula is C29H54N+. The second-order valence-corrected chi connectivity index (χ2v) is 9.56. The summed E-state index contributed by atoms with van der Waals surface area (Å²) < 4.78 is 2.41. The molecule has 1 rings (SSSR count). The molecule has 0 atom stereocenters. The van der Waals surface area contributed by atoms with Gasteiger partial charge in [-0.2, -0.15) is 0 Å². The fourth-order valence-corrected chi connectivity index (χ4v) is 4.46. The van der Waals surface area contributed by atoms with Crippen molar-refractivity contribution in [2.24, 2.45) is 0 Å². The van der Waals surface area contributed by atoms with Gasteiger partial charge in [0.15, 0.2) is 12.4 Å². The zero-order valence-electron chi connectivity index (χ0n) is 20.8. The maximum absolute atomic E-state index is 2.41. The highest BCUT2D eigenvalue weighted by atomic mass is 14.9. The SMILES string of the molecule is CCCCCCCCCCCCCCCCCc1ccc[n+](CCCCCCC)c1. The van der Waals surface area contributed by atoms with Gasteiger partial charge in [0.05, 0.1) is 0 Å². The smallest absolute Gasteiger partial charge is 0.171 e. The van der Waals surface area contributed by atoms with Gasteiger partial charge < -0.3 is 0 Å². The number of hydrogen-bond acceptors (Lipinski definition) is 0. The van der Waals surface area contributed by atoms with Crippen LogP contribution in [0.4, 0.5) is 0 Å². The monoisotopic (exact) mass is 416 g/mol. The van der Waals surface area contributed by atoms with Gasteiger partial charge >= 0.3 is 0 Å². The predicted octanol–water partition coefficient (Wildman–Crippen LogP) is 9.36. The molecule has 1 heterocycles. The van der Waals surface area contributed by atoms with Gasteiger partial charge in [0.25, 0.3) is 0 Å². The minimum atomic E-state index is 1.19. The van der Waals surface area contributed by atoms with E-state index in [2.05, 4.69) is 42.9 Å². The zero-order valence-corrected chi connectivity index (χ0v) is 20.8. The molecule has 0 amide bonds. The first-order chi connectivity index (χ1) is 14.9. The zero-order chi connectivity index (χ0) is 21.5. The average Bonchev–Trinajstić information content (AvgIpc) is 2.76. The van der Waals surface area contributed by atoms with Gasteiger partial charge in [-0.05, 0) is 25.3 Å². The highest BCUT2D eigenvalue weighted by molar-refractivity contribution is 5.05. The molecule has 0 N–H and O–H groups in total. The van der Waals surface area contributed by atoms with Crippen LogP contribution in [0.2, 0.25) is 0 Å². The molecule has 1 heteroatoms. The number of hydrogen-bond donors (Lipinski definition) is 0. The summed E-state index contributed by atoms with van der Waals surface area (Å²) in [5.74, 6) is 0. The third-order valence-electron chi connectivity index (χ3n) is 6.51. The van der Waals surface area contributed by atoms with Gasteiger partial charge in [-0.25, -0.2) is 4.57 Å². The number of rotatable bonds is 22. The van der Waals surface area contributed by atoms with Crippen molar-refractivity contribution >= 4 is 0 Å². The minimum absolute atomic E-state index is 1.19. The average molecular weight is 417 g/mol. The number of nitrogens with zero attached hydrogens (tertiary/aromatic N) is 1. The van der Waals surface area contributed by atoms with E-state index in [1.807, 2.05) is 0 Å². The van der Waals surface area contributed by atoms with Gasteiger partial charge in [-0.15, -0.1) is 0 Å². The molecule has 1 aromatic heterocycles. The van der Waals surface area contributed by atoms with Crippen LogP contribution in [0.25, 0.3) is 0 Å². The normalized spacial score (nSPS) is 11.3. The third-order valence-corrected chi connectivity index (χ3v) is 6.51. The van der Waals surface area contributed by atoms with Crippen LogP contribution in [0.1, 0.15) is 148 Å². The summed E-state index contributed by atoms with van der Waals surface area (Å²) in [5, 5.41) is 0. The lowest BCUT2D eigenvalue weighted by Crippen LogP contribution is -2.33. The van der Waals surface area contributed by atoms with E-state index in [1.54, 1.807) is 0 Å². The molecule has 0 aliphatic heterocycles. The third kappa shape index (κ3) is 16.9. The maximum atomic E-state index is 2.41. The molecule has 0 radical (unpaired) electrons.